The SMILES string of the molecule is CCC(CO)N(C(C)CO)C(CO)CO. The Bertz CT molecular complexity index is 136. The molecule has 2 unspecified atom stereocenters. The Morgan fingerprint density at radius 1 is 0.867 bits per heavy atom. The number of nitrogens with zero attached hydrogens (tertiary/aromatic N) is 1. The maximum atomic E-state index is 9.19. The summed E-state index contributed by atoms with van der Waals surface area (Å²) >= 11 is 0. The van der Waals surface area contributed by atoms with Crippen LogP contribution < -0.4 is 0 Å². The Morgan fingerprint density at radius 2 is 1.33 bits per heavy atom. The Balaban J connectivity index is 4.67. The zero-order chi connectivity index (χ0) is 11.8. The van der Waals surface area contributed by atoms with Crippen molar-refractivity contribution >= 4 is 0 Å². The quantitative estimate of drug-likeness (QED) is 0.413. The second-order valence-corrected chi connectivity index (χ2v) is 3.74. The molecule has 5 nitrogen and oxygen atoms in total. The van der Waals surface area contributed by atoms with E-state index in [0.29, 0.717) is 6.42 Å². The minimum atomic E-state index is -0.427. The fourth-order valence-electron chi connectivity index (χ4n) is 1.79. The fraction of sp³-hybridized carbons (Fsp3) is 1.00. The lowest BCUT2D eigenvalue weighted by Crippen LogP contribution is -2.53. The first-order valence-electron chi connectivity index (χ1n) is 5.37. The molecule has 4 N–H and O–H groups in total. The van der Waals surface area contributed by atoms with Crippen LogP contribution in [0.1, 0.15) is 20.3 Å². The van der Waals surface area contributed by atoms with Gasteiger partial charge in [0.05, 0.1) is 32.5 Å². The number of rotatable bonds is 8. The van der Waals surface area contributed by atoms with Crippen molar-refractivity contribution in [1.29, 1.82) is 0 Å². The van der Waals surface area contributed by atoms with Crippen LogP contribution in [0.2, 0.25) is 0 Å². The zero-order valence-corrected chi connectivity index (χ0v) is 9.50. The van der Waals surface area contributed by atoms with E-state index in [9.17, 15) is 5.11 Å². The molecule has 0 aromatic carbocycles. The van der Waals surface area contributed by atoms with Crippen molar-refractivity contribution in [2.45, 2.75) is 38.4 Å². The molecule has 0 radical (unpaired) electrons. The van der Waals surface area contributed by atoms with Gasteiger partial charge in [0, 0.05) is 12.1 Å². The van der Waals surface area contributed by atoms with E-state index in [-0.39, 0.29) is 38.5 Å². The molecule has 0 saturated carbocycles. The van der Waals surface area contributed by atoms with Crippen molar-refractivity contribution in [3.63, 3.8) is 0 Å². The largest absolute Gasteiger partial charge is 0.395 e. The molecule has 0 bridgehead atoms. The van der Waals surface area contributed by atoms with Gasteiger partial charge in [0.15, 0.2) is 0 Å². The first kappa shape index (κ1) is 14.8. The molecule has 92 valence electrons. The topological polar surface area (TPSA) is 84.2 Å². The van der Waals surface area contributed by atoms with Gasteiger partial charge in [0.1, 0.15) is 0 Å². The van der Waals surface area contributed by atoms with Gasteiger partial charge in [-0.3, -0.25) is 4.90 Å². The van der Waals surface area contributed by atoms with Crippen LogP contribution in [0.3, 0.4) is 0 Å². The molecule has 0 aliphatic rings. The van der Waals surface area contributed by atoms with Gasteiger partial charge in [-0.1, -0.05) is 6.92 Å². The van der Waals surface area contributed by atoms with Crippen molar-refractivity contribution in [2.24, 2.45) is 0 Å². The van der Waals surface area contributed by atoms with Crippen LogP contribution in [0.5, 0.6) is 0 Å². The van der Waals surface area contributed by atoms with Crippen LogP contribution >= 0.6 is 0 Å². The van der Waals surface area contributed by atoms with Gasteiger partial charge in [-0.2, -0.15) is 0 Å². The fourth-order valence-corrected chi connectivity index (χ4v) is 1.79. The average molecular weight is 221 g/mol. The molecule has 0 aliphatic heterocycles. The highest BCUT2D eigenvalue weighted by Crippen LogP contribution is 2.13. The predicted octanol–water partition coefficient (Wildman–Crippen LogP) is -1.21. The highest BCUT2D eigenvalue weighted by Gasteiger charge is 2.28. The molecule has 0 aromatic heterocycles. The molecule has 0 fully saturated rings. The highest BCUT2D eigenvalue weighted by atomic mass is 16.3. The van der Waals surface area contributed by atoms with Crippen LogP contribution in [0.15, 0.2) is 0 Å². The van der Waals surface area contributed by atoms with Gasteiger partial charge < -0.3 is 20.4 Å². The molecule has 0 aromatic rings. The molecule has 0 spiro atoms. The molecule has 0 rings (SSSR count). The van der Waals surface area contributed by atoms with Gasteiger partial charge in [0.2, 0.25) is 0 Å². The van der Waals surface area contributed by atoms with E-state index in [1.165, 1.54) is 0 Å². The van der Waals surface area contributed by atoms with Crippen LogP contribution in [-0.4, -0.2) is 69.9 Å². The van der Waals surface area contributed by atoms with Crippen molar-refractivity contribution in [3.8, 4) is 0 Å². The number of aliphatic hydroxyl groups is 4. The normalized spacial score (nSPS) is 16.0. The van der Waals surface area contributed by atoms with E-state index in [1.54, 1.807) is 11.8 Å². The smallest absolute Gasteiger partial charge is 0.0609 e. The summed E-state index contributed by atoms with van der Waals surface area (Å²) in [4.78, 5) is 1.78. The van der Waals surface area contributed by atoms with E-state index in [2.05, 4.69) is 0 Å². The average Bonchev–Trinajstić information content (AvgIpc) is 2.28. The highest BCUT2D eigenvalue weighted by molar-refractivity contribution is 4.81. The summed E-state index contributed by atoms with van der Waals surface area (Å²) in [5.41, 5.74) is 0. The number of hydrogen-bond donors (Lipinski definition) is 4. The summed E-state index contributed by atoms with van der Waals surface area (Å²) in [7, 11) is 0. The maximum Gasteiger partial charge on any atom is 0.0609 e. The summed E-state index contributed by atoms with van der Waals surface area (Å²) in [6.45, 7) is 3.25. The standard InChI is InChI=1S/C10H23NO4/c1-3-9(5-13)11(8(2)4-12)10(6-14)7-15/h8-10,12-15H,3-7H2,1-2H3. The second kappa shape index (κ2) is 8.01. The number of aliphatic hydroxyl groups excluding tert-OH is 4. The van der Waals surface area contributed by atoms with Crippen molar-refractivity contribution < 1.29 is 20.4 Å². The lowest BCUT2D eigenvalue weighted by molar-refractivity contribution is -0.0180. The van der Waals surface area contributed by atoms with E-state index >= 15 is 0 Å². The van der Waals surface area contributed by atoms with Gasteiger partial charge in [0.25, 0.3) is 0 Å². The van der Waals surface area contributed by atoms with Crippen LogP contribution in [-0.2, 0) is 0 Å². The summed E-state index contributed by atoms with van der Waals surface area (Å²) in [6.07, 6.45) is 0.706. The Labute approximate surface area is 91.0 Å². The van der Waals surface area contributed by atoms with E-state index in [1.807, 2.05) is 6.92 Å². The summed E-state index contributed by atoms with van der Waals surface area (Å²) in [5.74, 6) is 0. The summed E-state index contributed by atoms with van der Waals surface area (Å²) in [5, 5.41) is 36.5. The molecule has 5 heteroatoms. The molecule has 0 saturated heterocycles. The number of hydrogen-bond acceptors (Lipinski definition) is 5. The lowest BCUT2D eigenvalue weighted by Gasteiger charge is -2.39. The summed E-state index contributed by atoms with van der Waals surface area (Å²) in [6, 6.07) is -0.757. The first-order chi connectivity index (χ1) is 7.15. The molecule has 0 aliphatic carbocycles. The Kier molecular flexibility index (Phi) is 7.90. The van der Waals surface area contributed by atoms with Crippen molar-refractivity contribution in [1.82, 2.24) is 4.90 Å². The van der Waals surface area contributed by atoms with Gasteiger partial charge in [-0.05, 0) is 13.3 Å². The Morgan fingerprint density at radius 3 is 1.60 bits per heavy atom. The monoisotopic (exact) mass is 221 g/mol. The molecule has 2 atom stereocenters. The molecular formula is C10H23NO4. The minimum absolute atomic E-state index is 0.0443. The zero-order valence-electron chi connectivity index (χ0n) is 9.50. The maximum absolute atomic E-state index is 9.19. The van der Waals surface area contributed by atoms with Crippen LogP contribution in [0.4, 0.5) is 0 Å². The van der Waals surface area contributed by atoms with Gasteiger partial charge in [-0.15, -0.1) is 0 Å². The van der Waals surface area contributed by atoms with Crippen molar-refractivity contribution in [2.75, 3.05) is 26.4 Å². The van der Waals surface area contributed by atoms with Gasteiger partial charge in [-0.25, -0.2) is 0 Å². The van der Waals surface area contributed by atoms with E-state index in [4.69, 9.17) is 15.3 Å². The first-order valence-corrected chi connectivity index (χ1v) is 5.37. The van der Waals surface area contributed by atoms with E-state index in [0.717, 1.165) is 0 Å². The summed E-state index contributed by atoms with van der Waals surface area (Å²) < 4.78 is 0. The van der Waals surface area contributed by atoms with E-state index < -0.39 is 6.04 Å². The predicted molar refractivity (Wildman–Crippen MR) is 57.5 cm³/mol. The minimum Gasteiger partial charge on any atom is -0.395 e. The van der Waals surface area contributed by atoms with Crippen LogP contribution in [0.25, 0.3) is 0 Å². The third-order valence-electron chi connectivity index (χ3n) is 2.72. The molecular weight excluding hydrogens is 198 g/mol. The van der Waals surface area contributed by atoms with Crippen LogP contribution in [0, 0.1) is 0 Å². The molecule has 0 amide bonds. The second-order valence-electron chi connectivity index (χ2n) is 3.74. The lowest BCUT2D eigenvalue weighted by atomic mass is 10.1. The third-order valence-corrected chi connectivity index (χ3v) is 2.72. The molecule has 15 heavy (non-hydrogen) atoms. The molecule has 0 heterocycles. The third kappa shape index (κ3) is 4.04. The van der Waals surface area contributed by atoms with Gasteiger partial charge >= 0.3 is 0 Å². The van der Waals surface area contributed by atoms with Crippen molar-refractivity contribution in [3.05, 3.63) is 0 Å². The Hall–Kier alpha value is -0.200.